The topological polar surface area (TPSA) is 40.6 Å². The highest BCUT2D eigenvalue weighted by Crippen LogP contribution is 2.23. The molecule has 0 N–H and O–H groups in total. The molecule has 0 bridgehead atoms. The SMILES string of the molecule is CN(C)CCCN(C)S(=O)(=O)c1cc(CCl)cc(F)c1F. The average molecular weight is 341 g/mol. The molecule has 4 nitrogen and oxygen atoms in total. The third-order valence-corrected chi connectivity index (χ3v) is 5.14. The third-order valence-electron chi connectivity index (χ3n) is 2.98. The van der Waals surface area contributed by atoms with Gasteiger partial charge in [0, 0.05) is 19.5 Å². The highest BCUT2D eigenvalue weighted by atomic mass is 35.5. The Balaban J connectivity index is 3.04. The van der Waals surface area contributed by atoms with Crippen LogP contribution in [0.5, 0.6) is 0 Å². The molecule has 0 aliphatic carbocycles. The lowest BCUT2D eigenvalue weighted by Crippen LogP contribution is -2.30. The summed E-state index contributed by atoms with van der Waals surface area (Å²) in [5.74, 6) is -2.68. The highest BCUT2D eigenvalue weighted by Gasteiger charge is 2.26. The maximum atomic E-state index is 13.8. The maximum absolute atomic E-state index is 13.8. The molecule has 1 rings (SSSR count). The molecule has 0 saturated carbocycles. The lowest BCUT2D eigenvalue weighted by molar-refractivity contribution is 0.369. The molecule has 8 heteroatoms. The molecule has 0 amide bonds. The second-order valence-corrected chi connectivity index (χ2v) is 7.29. The lowest BCUT2D eigenvalue weighted by atomic mass is 10.2. The molecule has 1 aromatic rings. The zero-order valence-corrected chi connectivity index (χ0v) is 13.8. The van der Waals surface area contributed by atoms with Gasteiger partial charge >= 0.3 is 0 Å². The number of alkyl halides is 1. The molecule has 0 aliphatic rings. The Morgan fingerprint density at radius 2 is 1.76 bits per heavy atom. The average Bonchev–Trinajstić information content (AvgIpc) is 2.40. The fourth-order valence-electron chi connectivity index (χ4n) is 1.78. The molecule has 0 atom stereocenters. The summed E-state index contributed by atoms with van der Waals surface area (Å²) in [4.78, 5) is 1.24. The third kappa shape index (κ3) is 4.60. The number of benzene rings is 1. The van der Waals surface area contributed by atoms with Gasteiger partial charge in [-0.3, -0.25) is 0 Å². The Labute approximate surface area is 129 Å². The van der Waals surface area contributed by atoms with Crippen LogP contribution in [0.15, 0.2) is 17.0 Å². The van der Waals surface area contributed by atoms with Crippen molar-refractivity contribution >= 4 is 21.6 Å². The Hall–Kier alpha value is -0.760. The molecule has 0 fully saturated rings. The number of hydrogen-bond acceptors (Lipinski definition) is 3. The van der Waals surface area contributed by atoms with Crippen molar-refractivity contribution in [3.8, 4) is 0 Å². The van der Waals surface area contributed by atoms with Crippen LogP contribution in [-0.4, -0.2) is 51.9 Å². The first kappa shape index (κ1) is 18.3. The normalized spacial score (nSPS) is 12.4. The van der Waals surface area contributed by atoms with Crippen molar-refractivity contribution in [2.75, 3.05) is 34.2 Å². The molecular formula is C13H19ClF2N2O2S. The molecule has 0 spiro atoms. The second-order valence-electron chi connectivity index (χ2n) is 5.01. The van der Waals surface area contributed by atoms with Crippen molar-refractivity contribution in [3.63, 3.8) is 0 Å². The highest BCUT2D eigenvalue weighted by molar-refractivity contribution is 7.89. The number of sulfonamides is 1. The molecule has 21 heavy (non-hydrogen) atoms. The van der Waals surface area contributed by atoms with Gasteiger partial charge in [-0.05, 0) is 44.8 Å². The second kappa shape index (κ2) is 7.49. The van der Waals surface area contributed by atoms with E-state index in [1.807, 2.05) is 19.0 Å². The molecule has 120 valence electrons. The summed E-state index contributed by atoms with van der Waals surface area (Å²) >= 11 is 5.57. The van der Waals surface area contributed by atoms with Gasteiger partial charge in [-0.25, -0.2) is 21.5 Å². The van der Waals surface area contributed by atoms with E-state index in [2.05, 4.69) is 0 Å². The number of halogens is 3. The first-order valence-corrected chi connectivity index (χ1v) is 8.32. The van der Waals surface area contributed by atoms with Crippen molar-refractivity contribution in [1.82, 2.24) is 9.21 Å². The monoisotopic (exact) mass is 340 g/mol. The van der Waals surface area contributed by atoms with Gasteiger partial charge in [-0.2, -0.15) is 0 Å². The van der Waals surface area contributed by atoms with Crippen molar-refractivity contribution in [3.05, 3.63) is 29.3 Å². The zero-order chi connectivity index (χ0) is 16.2. The van der Waals surface area contributed by atoms with Crippen LogP contribution in [0, 0.1) is 11.6 Å². The molecule has 0 aromatic heterocycles. The first-order chi connectivity index (χ1) is 9.70. The fourth-order valence-corrected chi connectivity index (χ4v) is 3.26. The van der Waals surface area contributed by atoms with E-state index in [-0.39, 0.29) is 18.0 Å². The van der Waals surface area contributed by atoms with E-state index < -0.39 is 26.6 Å². The van der Waals surface area contributed by atoms with E-state index in [1.165, 1.54) is 7.05 Å². The van der Waals surface area contributed by atoms with Gasteiger partial charge in [0.2, 0.25) is 10.0 Å². The summed E-state index contributed by atoms with van der Waals surface area (Å²) in [6.45, 7) is 0.908. The summed E-state index contributed by atoms with van der Waals surface area (Å²) < 4.78 is 52.9. The van der Waals surface area contributed by atoms with Crippen LogP contribution in [0.25, 0.3) is 0 Å². The van der Waals surface area contributed by atoms with Crippen molar-refractivity contribution in [2.45, 2.75) is 17.2 Å². The van der Waals surface area contributed by atoms with Crippen molar-refractivity contribution in [2.24, 2.45) is 0 Å². The predicted octanol–water partition coefficient (Wildman–Crippen LogP) is 2.28. The molecule has 0 saturated heterocycles. The van der Waals surface area contributed by atoms with Gasteiger partial charge in [0.1, 0.15) is 4.90 Å². The van der Waals surface area contributed by atoms with E-state index in [0.717, 1.165) is 16.4 Å². The van der Waals surface area contributed by atoms with Crippen LogP contribution < -0.4 is 0 Å². The Bertz CT molecular complexity index is 594. The summed E-state index contributed by atoms with van der Waals surface area (Å²) in [6.07, 6.45) is 0.585. The first-order valence-electron chi connectivity index (χ1n) is 6.35. The Kier molecular flexibility index (Phi) is 6.52. The summed E-state index contributed by atoms with van der Waals surface area (Å²) in [7, 11) is 0.999. The van der Waals surface area contributed by atoms with Gasteiger partial charge < -0.3 is 4.90 Å². The quantitative estimate of drug-likeness (QED) is 0.715. The number of rotatable bonds is 7. The number of nitrogens with zero attached hydrogens (tertiary/aromatic N) is 2. The van der Waals surface area contributed by atoms with E-state index in [9.17, 15) is 17.2 Å². The van der Waals surface area contributed by atoms with Gasteiger partial charge in [0.15, 0.2) is 11.6 Å². The van der Waals surface area contributed by atoms with E-state index in [1.54, 1.807) is 0 Å². The molecule has 0 aliphatic heterocycles. The van der Waals surface area contributed by atoms with E-state index >= 15 is 0 Å². The Morgan fingerprint density at radius 3 is 2.29 bits per heavy atom. The van der Waals surface area contributed by atoms with Crippen LogP contribution in [0.4, 0.5) is 8.78 Å². The minimum atomic E-state index is -4.08. The molecule has 0 unspecified atom stereocenters. The molecule has 1 aromatic carbocycles. The Morgan fingerprint density at radius 1 is 1.14 bits per heavy atom. The van der Waals surface area contributed by atoms with Crippen molar-refractivity contribution in [1.29, 1.82) is 0 Å². The minimum Gasteiger partial charge on any atom is -0.309 e. The minimum absolute atomic E-state index is 0.0932. The summed E-state index contributed by atoms with van der Waals surface area (Å²) in [5, 5.41) is 0. The van der Waals surface area contributed by atoms with Crippen LogP contribution in [-0.2, 0) is 15.9 Å². The fraction of sp³-hybridized carbons (Fsp3) is 0.538. The zero-order valence-electron chi connectivity index (χ0n) is 12.2. The summed E-state index contributed by atoms with van der Waals surface area (Å²) in [6, 6.07) is 1.97. The van der Waals surface area contributed by atoms with E-state index in [4.69, 9.17) is 11.6 Å². The predicted molar refractivity (Wildman–Crippen MR) is 78.9 cm³/mol. The maximum Gasteiger partial charge on any atom is 0.245 e. The summed E-state index contributed by atoms with van der Waals surface area (Å²) in [5.41, 5.74) is 0.218. The van der Waals surface area contributed by atoms with Gasteiger partial charge in [-0.15, -0.1) is 11.6 Å². The standard InChI is InChI=1S/C13H19ClF2N2O2S/c1-17(2)5-4-6-18(3)21(19,20)12-8-10(9-14)7-11(15)13(12)16/h7-8H,4-6,9H2,1-3H3. The molecule has 0 radical (unpaired) electrons. The van der Waals surface area contributed by atoms with Gasteiger partial charge in [0.25, 0.3) is 0 Å². The molecule has 0 heterocycles. The largest absolute Gasteiger partial charge is 0.309 e. The lowest BCUT2D eigenvalue weighted by Gasteiger charge is -2.19. The number of hydrogen-bond donors (Lipinski definition) is 0. The van der Waals surface area contributed by atoms with Gasteiger partial charge in [-0.1, -0.05) is 0 Å². The van der Waals surface area contributed by atoms with Crippen LogP contribution in [0.2, 0.25) is 0 Å². The smallest absolute Gasteiger partial charge is 0.245 e. The van der Waals surface area contributed by atoms with Crippen LogP contribution >= 0.6 is 11.6 Å². The molecular weight excluding hydrogens is 322 g/mol. The van der Waals surface area contributed by atoms with Crippen LogP contribution in [0.1, 0.15) is 12.0 Å². The van der Waals surface area contributed by atoms with E-state index in [0.29, 0.717) is 13.0 Å². The van der Waals surface area contributed by atoms with Crippen molar-refractivity contribution < 1.29 is 17.2 Å². The van der Waals surface area contributed by atoms with Gasteiger partial charge in [0.05, 0.1) is 0 Å². The van der Waals surface area contributed by atoms with Crippen LogP contribution in [0.3, 0.4) is 0 Å².